The molecular formula is C15H22O2S2. The number of benzene rings is 1. The number of rotatable bonds is 8. The molecule has 0 heterocycles. The average molecular weight is 298 g/mol. The summed E-state index contributed by atoms with van der Waals surface area (Å²) >= 11 is 6.18. The van der Waals surface area contributed by atoms with Crippen molar-refractivity contribution >= 4 is 30.4 Å². The van der Waals surface area contributed by atoms with Crippen LogP contribution in [0.15, 0.2) is 23.1 Å². The molecule has 4 heteroatoms. The fourth-order valence-corrected chi connectivity index (χ4v) is 3.58. The maximum atomic E-state index is 11.5. The number of carboxylic acids is 1. The summed E-state index contributed by atoms with van der Waals surface area (Å²) in [6, 6.07) is 5.73. The van der Waals surface area contributed by atoms with E-state index in [2.05, 4.69) is 26.5 Å². The molecule has 0 aliphatic carbocycles. The lowest BCUT2D eigenvalue weighted by molar-refractivity contribution is 0.0691. The second kappa shape index (κ2) is 8.54. The largest absolute Gasteiger partial charge is 0.478 e. The zero-order valence-corrected chi connectivity index (χ0v) is 13.3. The molecule has 0 radical (unpaired) electrons. The topological polar surface area (TPSA) is 37.3 Å². The van der Waals surface area contributed by atoms with E-state index in [1.54, 1.807) is 11.8 Å². The van der Waals surface area contributed by atoms with E-state index < -0.39 is 5.97 Å². The van der Waals surface area contributed by atoms with Gasteiger partial charge in [-0.2, -0.15) is 12.6 Å². The van der Waals surface area contributed by atoms with E-state index in [1.807, 2.05) is 18.2 Å². The molecule has 1 N–H and O–H groups in total. The van der Waals surface area contributed by atoms with Gasteiger partial charge in [0.05, 0.1) is 5.56 Å². The molecule has 0 amide bonds. The smallest absolute Gasteiger partial charge is 0.337 e. The molecular weight excluding hydrogens is 276 g/mol. The summed E-state index contributed by atoms with van der Waals surface area (Å²) in [5.74, 6) is 0.121. The first-order chi connectivity index (χ1) is 9.11. The fraction of sp³-hybridized carbons (Fsp3) is 0.533. The number of carbonyl (C=O) groups is 1. The summed E-state index contributed by atoms with van der Waals surface area (Å²) in [6.45, 7) is 4.23. The van der Waals surface area contributed by atoms with Crippen LogP contribution >= 0.6 is 24.4 Å². The molecule has 0 fully saturated rings. The zero-order chi connectivity index (χ0) is 14.3. The highest BCUT2D eigenvalue weighted by Crippen LogP contribution is 2.34. The highest BCUT2D eigenvalue weighted by molar-refractivity contribution is 7.99. The first kappa shape index (κ1) is 16.4. The molecule has 1 aromatic carbocycles. The molecule has 0 bridgehead atoms. The number of hydrogen-bond donors (Lipinski definition) is 2. The molecule has 19 heavy (non-hydrogen) atoms. The predicted molar refractivity (Wildman–Crippen MR) is 85.7 cm³/mol. The lowest BCUT2D eigenvalue weighted by Crippen LogP contribution is -2.06. The minimum Gasteiger partial charge on any atom is -0.478 e. The van der Waals surface area contributed by atoms with E-state index >= 15 is 0 Å². The van der Waals surface area contributed by atoms with Crippen molar-refractivity contribution in [3.63, 3.8) is 0 Å². The third-order valence-corrected chi connectivity index (χ3v) is 4.63. The summed E-state index contributed by atoms with van der Waals surface area (Å²) in [7, 11) is 0. The predicted octanol–water partition coefficient (Wildman–Crippen LogP) is 5.05. The van der Waals surface area contributed by atoms with Gasteiger partial charge < -0.3 is 5.11 Å². The Morgan fingerprint density at radius 2 is 2.11 bits per heavy atom. The molecule has 106 valence electrons. The van der Waals surface area contributed by atoms with Gasteiger partial charge in [-0.3, -0.25) is 0 Å². The lowest BCUT2D eigenvalue weighted by Gasteiger charge is -2.16. The van der Waals surface area contributed by atoms with Crippen LogP contribution in [0.2, 0.25) is 0 Å². The molecule has 0 spiro atoms. The highest BCUT2D eigenvalue weighted by Gasteiger charge is 2.19. The van der Waals surface area contributed by atoms with Crippen LogP contribution in [0.25, 0.3) is 0 Å². The maximum absolute atomic E-state index is 11.5. The first-order valence-electron chi connectivity index (χ1n) is 6.78. The second-order valence-electron chi connectivity index (χ2n) is 4.53. The van der Waals surface area contributed by atoms with E-state index in [0.29, 0.717) is 5.56 Å². The quantitative estimate of drug-likeness (QED) is 0.401. The van der Waals surface area contributed by atoms with Crippen molar-refractivity contribution in [3.8, 4) is 0 Å². The number of hydrogen-bond acceptors (Lipinski definition) is 3. The summed E-state index contributed by atoms with van der Waals surface area (Å²) in [4.78, 5) is 12.4. The maximum Gasteiger partial charge on any atom is 0.337 e. The Balaban J connectivity index is 3.03. The van der Waals surface area contributed by atoms with Gasteiger partial charge in [-0.25, -0.2) is 4.79 Å². The van der Waals surface area contributed by atoms with Crippen molar-refractivity contribution in [2.45, 2.75) is 49.7 Å². The standard InChI is InChI=1S/C15H22O2S2/c1-3-5-10-19-13-9-6-8-11(12(18)7-4-2)14(13)15(16)17/h6,8-9,12,18H,3-5,7,10H2,1-2H3,(H,16,17). The Hall–Kier alpha value is -0.610. The molecule has 0 aromatic heterocycles. The van der Waals surface area contributed by atoms with Gasteiger partial charge in [-0.05, 0) is 30.2 Å². The van der Waals surface area contributed by atoms with E-state index in [4.69, 9.17) is 0 Å². The van der Waals surface area contributed by atoms with E-state index in [9.17, 15) is 9.90 Å². The van der Waals surface area contributed by atoms with Crippen LogP contribution in [0.3, 0.4) is 0 Å². The van der Waals surface area contributed by atoms with Gasteiger partial charge in [-0.15, -0.1) is 11.8 Å². The van der Waals surface area contributed by atoms with Gasteiger partial charge in [-0.1, -0.05) is 38.8 Å². The third-order valence-electron chi connectivity index (χ3n) is 2.95. The molecule has 0 aliphatic heterocycles. The summed E-state index contributed by atoms with van der Waals surface area (Å²) in [5, 5.41) is 9.48. The number of unbranched alkanes of at least 4 members (excludes halogenated alkanes) is 1. The van der Waals surface area contributed by atoms with Crippen LogP contribution in [0.5, 0.6) is 0 Å². The normalized spacial score (nSPS) is 12.4. The molecule has 2 nitrogen and oxygen atoms in total. The molecule has 1 aromatic rings. The summed E-state index contributed by atoms with van der Waals surface area (Å²) in [5.41, 5.74) is 1.29. The van der Waals surface area contributed by atoms with E-state index in [-0.39, 0.29) is 5.25 Å². The number of thiol groups is 1. The number of aromatic carboxylic acids is 1. The van der Waals surface area contributed by atoms with Crippen molar-refractivity contribution in [2.24, 2.45) is 0 Å². The van der Waals surface area contributed by atoms with Crippen molar-refractivity contribution in [3.05, 3.63) is 29.3 Å². The van der Waals surface area contributed by atoms with Crippen LogP contribution < -0.4 is 0 Å². The Bertz CT molecular complexity index is 419. The SMILES string of the molecule is CCCCSc1cccc(C(S)CCC)c1C(=O)O. The molecule has 1 atom stereocenters. The van der Waals surface area contributed by atoms with E-state index in [0.717, 1.165) is 41.9 Å². The monoisotopic (exact) mass is 298 g/mol. The van der Waals surface area contributed by atoms with Crippen molar-refractivity contribution in [1.82, 2.24) is 0 Å². The van der Waals surface area contributed by atoms with Crippen LogP contribution in [-0.4, -0.2) is 16.8 Å². The van der Waals surface area contributed by atoms with Gasteiger partial charge in [0.2, 0.25) is 0 Å². The molecule has 0 saturated carbocycles. The highest BCUT2D eigenvalue weighted by atomic mass is 32.2. The van der Waals surface area contributed by atoms with Crippen molar-refractivity contribution in [2.75, 3.05) is 5.75 Å². The zero-order valence-electron chi connectivity index (χ0n) is 11.6. The summed E-state index contributed by atoms with van der Waals surface area (Å²) in [6.07, 6.45) is 4.13. The van der Waals surface area contributed by atoms with Crippen molar-refractivity contribution < 1.29 is 9.90 Å². The molecule has 1 unspecified atom stereocenters. The summed E-state index contributed by atoms with van der Waals surface area (Å²) < 4.78 is 0. The van der Waals surface area contributed by atoms with Crippen LogP contribution in [-0.2, 0) is 0 Å². The molecule has 0 aliphatic rings. The van der Waals surface area contributed by atoms with Crippen molar-refractivity contribution in [1.29, 1.82) is 0 Å². The Labute approximate surface area is 125 Å². The van der Waals surface area contributed by atoms with Crippen LogP contribution in [0.4, 0.5) is 0 Å². The van der Waals surface area contributed by atoms with Gasteiger partial charge in [0, 0.05) is 10.1 Å². The third kappa shape index (κ3) is 4.77. The van der Waals surface area contributed by atoms with Gasteiger partial charge >= 0.3 is 5.97 Å². The van der Waals surface area contributed by atoms with Gasteiger partial charge in [0.25, 0.3) is 0 Å². The molecule has 1 rings (SSSR count). The van der Waals surface area contributed by atoms with Gasteiger partial charge in [0.15, 0.2) is 0 Å². The number of thioether (sulfide) groups is 1. The fourth-order valence-electron chi connectivity index (χ4n) is 1.93. The van der Waals surface area contributed by atoms with Gasteiger partial charge in [0.1, 0.15) is 0 Å². The first-order valence-corrected chi connectivity index (χ1v) is 8.29. The Morgan fingerprint density at radius 3 is 2.68 bits per heavy atom. The second-order valence-corrected chi connectivity index (χ2v) is 6.29. The van der Waals surface area contributed by atoms with Crippen LogP contribution in [0.1, 0.15) is 60.7 Å². The lowest BCUT2D eigenvalue weighted by atomic mass is 10.0. The minimum atomic E-state index is -0.843. The van der Waals surface area contributed by atoms with E-state index in [1.165, 1.54) is 0 Å². The average Bonchev–Trinajstić information content (AvgIpc) is 2.38. The minimum absolute atomic E-state index is 0.00262. The molecule has 0 saturated heterocycles. The van der Waals surface area contributed by atoms with Crippen LogP contribution in [0, 0.1) is 0 Å². The Kier molecular flexibility index (Phi) is 7.39. The Morgan fingerprint density at radius 1 is 1.37 bits per heavy atom. The number of carboxylic acid groups (broad SMARTS) is 1.